The molecular weight excluding hydrogens is 334 g/mol. The van der Waals surface area contributed by atoms with E-state index in [1.807, 2.05) is 85.8 Å². The highest BCUT2D eigenvalue weighted by Crippen LogP contribution is 2.26. The van der Waals surface area contributed by atoms with Gasteiger partial charge in [0.2, 0.25) is 0 Å². The first-order valence-electron chi connectivity index (χ1n) is 8.96. The van der Waals surface area contributed by atoms with Gasteiger partial charge in [-0.1, -0.05) is 42.5 Å². The van der Waals surface area contributed by atoms with Gasteiger partial charge in [-0.25, -0.2) is 4.98 Å². The number of para-hydroxylation sites is 2. The van der Waals surface area contributed by atoms with Crippen LogP contribution in [-0.4, -0.2) is 22.4 Å². The lowest BCUT2D eigenvalue weighted by Gasteiger charge is -2.22. The van der Waals surface area contributed by atoms with Gasteiger partial charge >= 0.3 is 0 Å². The number of carbonyl (C=O) groups excluding carboxylic acids is 1. The molecule has 0 N–H and O–H groups in total. The number of amides is 1. The highest BCUT2D eigenvalue weighted by atomic mass is 16.2. The van der Waals surface area contributed by atoms with Crippen molar-refractivity contribution < 1.29 is 4.79 Å². The highest BCUT2D eigenvalue weighted by Gasteiger charge is 2.20. The first kappa shape index (κ1) is 16.9. The van der Waals surface area contributed by atoms with Crippen molar-refractivity contribution in [2.75, 3.05) is 11.4 Å². The number of hydrogen-bond acceptors (Lipinski definition) is 3. The lowest BCUT2D eigenvalue weighted by Crippen LogP contribution is -2.30. The van der Waals surface area contributed by atoms with Gasteiger partial charge in [-0.3, -0.25) is 9.78 Å². The van der Waals surface area contributed by atoms with Crippen molar-refractivity contribution in [1.82, 2.24) is 9.97 Å². The zero-order chi connectivity index (χ0) is 18.6. The third-order valence-electron chi connectivity index (χ3n) is 4.50. The van der Waals surface area contributed by atoms with E-state index in [-0.39, 0.29) is 5.91 Å². The molecule has 0 radical (unpaired) electrons. The van der Waals surface area contributed by atoms with Gasteiger partial charge < -0.3 is 4.90 Å². The van der Waals surface area contributed by atoms with Gasteiger partial charge in [0.1, 0.15) is 0 Å². The Labute approximate surface area is 158 Å². The molecule has 2 heterocycles. The Hall–Kier alpha value is -3.53. The molecule has 0 spiro atoms. The Kier molecular flexibility index (Phi) is 4.62. The van der Waals surface area contributed by atoms with Gasteiger partial charge in [-0.15, -0.1) is 0 Å². The van der Waals surface area contributed by atoms with Crippen molar-refractivity contribution in [3.05, 3.63) is 90.6 Å². The summed E-state index contributed by atoms with van der Waals surface area (Å²) in [6.07, 6.45) is 1.73. The summed E-state index contributed by atoms with van der Waals surface area (Å²) in [6.45, 7) is 2.56. The molecule has 0 bridgehead atoms. The van der Waals surface area contributed by atoms with Crippen LogP contribution in [-0.2, 0) is 0 Å². The van der Waals surface area contributed by atoms with Crippen LogP contribution in [0, 0.1) is 0 Å². The predicted octanol–water partition coefficient (Wildman–Crippen LogP) is 4.96. The van der Waals surface area contributed by atoms with Crippen molar-refractivity contribution >= 4 is 22.5 Å². The summed E-state index contributed by atoms with van der Waals surface area (Å²) in [5, 5.41) is 0.844. The van der Waals surface area contributed by atoms with E-state index >= 15 is 0 Å². The van der Waals surface area contributed by atoms with Crippen LogP contribution in [0.5, 0.6) is 0 Å². The number of pyridine rings is 2. The SMILES string of the molecule is CCN(C(=O)c1cc(-c2ccccn2)nc2ccccc12)c1ccccc1. The Bertz CT molecular complexity index is 1080. The van der Waals surface area contributed by atoms with E-state index in [1.54, 1.807) is 11.1 Å². The third kappa shape index (κ3) is 3.29. The summed E-state index contributed by atoms with van der Waals surface area (Å²) in [5.74, 6) is -0.0421. The van der Waals surface area contributed by atoms with Crippen LogP contribution in [0.2, 0.25) is 0 Å². The summed E-state index contributed by atoms with van der Waals surface area (Å²) in [7, 11) is 0. The first-order chi connectivity index (χ1) is 13.3. The Morgan fingerprint density at radius 2 is 1.63 bits per heavy atom. The van der Waals surface area contributed by atoms with Crippen LogP contribution in [0.25, 0.3) is 22.3 Å². The fraction of sp³-hybridized carbons (Fsp3) is 0.0870. The van der Waals surface area contributed by atoms with Crippen molar-refractivity contribution in [2.45, 2.75) is 6.92 Å². The molecule has 0 aliphatic rings. The molecule has 0 aliphatic heterocycles. The second-order valence-electron chi connectivity index (χ2n) is 6.17. The van der Waals surface area contributed by atoms with Crippen LogP contribution in [0.4, 0.5) is 5.69 Å². The molecule has 0 saturated carbocycles. The monoisotopic (exact) mass is 353 g/mol. The average Bonchev–Trinajstić information content (AvgIpc) is 2.75. The standard InChI is InChI=1S/C23H19N3O/c1-2-26(17-10-4-3-5-11-17)23(27)19-16-22(21-14-8-9-15-24-21)25-20-13-7-6-12-18(19)20/h3-16H,2H2,1H3. The Morgan fingerprint density at radius 3 is 2.37 bits per heavy atom. The molecule has 0 fully saturated rings. The number of anilines is 1. The number of benzene rings is 2. The average molecular weight is 353 g/mol. The lowest BCUT2D eigenvalue weighted by molar-refractivity contribution is 0.0990. The quantitative estimate of drug-likeness (QED) is 0.521. The second kappa shape index (κ2) is 7.38. The minimum Gasteiger partial charge on any atom is -0.309 e. The summed E-state index contributed by atoms with van der Waals surface area (Å²) < 4.78 is 0. The molecule has 2 aromatic carbocycles. The number of aromatic nitrogens is 2. The zero-order valence-corrected chi connectivity index (χ0v) is 15.0. The molecule has 0 unspecified atom stereocenters. The van der Waals surface area contributed by atoms with Gasteiger partial charge in [-0.05, 0) is 43.3 Å². The molecule has 4 heteroatoms. The maximum Gasteiger partial charge on any atom is 0.259 e. The van der Waals surface area contributed by atoms with Crippen LogP contribution in [0.15, 0.2) is 85.1 Å². The minimum absolute atomic E-state index is 0.0421. The van der Waals surface area contributed by atoms with Crippen molar-refractivity contribution in [1.29, 1.82) is 0 Å². The summed E-state index contributed by atoms with van der Waals surface area (Å²) in [5.41, 5.74) is 3.74. The van der Waals surface area contributed by atoms with E-state index < -0.39 is 0 Å². The molecule has 132 valence electrons. The summed E-state index contributed by atoms with van der Waals surface area (Å²) in [4.78, 5) is 24.3. The smallest absolute Gasteiger partial charge is 0.259 e. The lowest BCUT2D eigenvalue weighted by atomic mass is 10.0. The topological polar surface area (TPSA) is 46.1 Å². The first-order valence-corrected chi connectivity index (χ1v) is 8.96. The van der Waals surface area contributed by atoms with Crippen molar-refractivity contribution in [3.63, 3.8) is 0 Å². The molecule has 0 atom stereocenters. The van der Waals surface area contributed by atoms with Gasteiger partial charge in [0.25, 0.3) is 5.91 Å². The largest absolute Gasteiger partial charge is 0.309 e. The van der Waals surface area contributed by atoms with Gasteiger partial charge in [0.05, 0.1) is 22.5 Å². The van der Waals surface area contributed by atoms with Crippen molar-refractivity contribution in [2.24, 2.45) is 0 Å². The maximum atomic E-state index is 13.5. The van der Waals surface area contributed by atoms with E-state index in [2.05, 4.69) is 4.98 Å². The summed E-state index contributed by atoms with van der Waals surface area (Å²) >= 11 is 0. The second-order valence-corrected chi connectivity index (χ2v) is 6.17. The molecule has 0 saturated heterocycles. The fourth-order valence-electron chi connectivity index (χ4n) is 3.19. The molecule has 0 aliphatic carbocycles. The molecule has 1 amide bonds. The van der Waals surface area contributed by atoms with Crippen molar-refractivity contribution in [3.8, 4) is 11.4 Å². The molecule has 27 heavy (non-hydrogen) atoms. The van der Waals surface area contributed by atoms with Gasteiger partial charge in [-0.2, -0.15) is 0 Å². The van der Waals surface area contributed by atoms with Crippen LogP contribution in [0.3, 0.4) is 0 Å². The van der Waals surface area contributed by atoms with Crippen LogP contribution < -0.4 is 4.90 Å². The Morgan fingerprint density at radius 1 is 0.889 bits per heavy atom. The maximum absolute atomic E-state index is 13.5. The number of carbonyl (C=O) groups is 1. The third-order valence-corrected chi connectivity index (χ3v) is 4.50. The minimum atomic E-state index is -0.0421. The van der Waals surface area contributed by atoms with Crippen LogP contribution >= 0.6 is 0 Å². The van der Waals surface area contributed by atoms with Crippen LogP contribution in [0.1, 0.15) is 17.3 Å². The van der Waals surface area contributed by atoms with Gasteiger partial charge in [0.15, 0.2) is 0 Å². The highest BCUT2D eigenvalue weighted by molar-refractivity contribution is 6.14. The number of rotatable bonds is 4. The van der Waals surface area contributed by atoms with E-state index in [0.717, 1.165) is 22.3 Å². The van der Waals surface area contributed by atoms with Gasteiger partial charge in [0, 0.05) is 23.8 Å². The molecule has 2 aromatic heterocycles. The number of fused-ring (bicyclic) bond motifs is 1. The number of hydrogen-bond donors (Lipinski definition) is 0. The Balaban J connectivity index is 1.88. The molecule has 4 rings (SSSR count). The molecular formula is C23H19N3O. The van der Waals surface area contributed by atoms with E-state index in [0.29, 0.717) is 17.8 Å². The van der Waals surface area contributed by atoms with E-state index in [1.165, 1.54) is 0 Å². The normalized spacial score (nSPS) is 10.7. The number of nitrogens with zero attached hydrogens (tertiary/aromatic N) is 3. The fourth-order valence-corrected chi connectivity index (χ4v) is 3.19. The van der Waals surface area contributed by atoms with E-state index in [4.69, 9.17) is 4.98 Å². The van der Waals surface area contributed by atoms with E-state index in [9.17, 15) is 4.79 Å². The molecule has 4 aromatic rings. The zero-order valence-electron chi connectivity index (χ0n) is 15.0. The predicted molar refractivity (Wildman–Crippen MR) is 109 cm³/mol. The summed E-state index contributed by atoms with van der Waals surface area (Å²) in [6, 6.07) is 25.0. The molecule has 4 nitrogen and oxygen atoms in total.